The Kier molecular flexibility index (Phi) is 7.45. The normalized spacial score (nSPS) is 15.5. The first-order valence-corrected chi connectivity index (χ1v) is 12.7. The van der Waals surface area contributed by atoms with Gasteiger partial charge in [0.25, 0.3) is 5.56 Å². The van der Waals surface area contributed by atoms with Gasteiger partial charge in [0, 0.05) is 19.8 Å². The van der Waals surface area contributed by atoms with Crippen molar-refractivity contribution in [2.75, 3.05) is 25.6 Å². The molecule has 0 amide bonds. The molecule has 1 aliphatic heterocycles. The van der Waals surface area contributed by atoms with Gasteiger partial charge in [0.1, 0.15) is 5.75 Å². The maximum absolute atomic E-state index is 13.7. The molecule has 36 heavy (non-hydrogen) atoms. The molecule has 0 saturated carbocycles. The minimum atomic E-state index is -0.651. The molecular formula is C28H31N3O4S. The number of fused-ring (bicyclic) bond motifs is 1. The van der Waals surface area contributed by atoms with E-state index in [1.54, 1.807) is 25.3 Å². The van der Waals surface area contributed by atoms with Crippen LogP contribution in [0, 0.1) is 0 Å². The first kappa shape index (κ1) is 25.4. The van der Waals surface area contributed by atoms with E-state index >= 15 is 0 Å². The van der Waals surface area contributed by atoms with Crippen molar-refractivity contribution in [2.45, 2.75) is 39.8 Å². The number of hydrogen-bond acceptors (Lipinski definition) is 7. The SMILES string of the molecule is CCOc1ccc([C@H]2C(C(=O)OC(C)C)=C(C)N=c3s/c(=C/c4ccc(N(C)C)cc4)c(=O)n32)cc1. The highest BCUT2D eigenvalue weighted by molar-refractivity contribution is 7.07. The number of carbonyl (C=O) groups is 1. The van der Waals surface area contributed by atoms with E-state index in [0.717, 1.165) is 22.6 Å². The number of nitrogens with zero attached hydrogens (tertiary/aromatic N) is 3. The van der Waals surface area contributed by atoms with Gasteiger partial charge in [-0.15, -0.1) is 0 Å². The molecule has 188 valence electrons. The Bertz CT molecular complexity index is 1460. The van der Waals surface area contributed by atoms with Crippen LogP contribution >= 0.6 is 11.3 Å². The molecule has 3 aromatic rings. The van der Waals surface area contributed by atoms with Crippen LogP contribution in [0.1, 0.15) is 44.9 Å². The number of allylic oxidation sites excluding steroid dienone is 1. The van der Waals surface area contributed by atoms with Gasteiger partial charge in [-0.05, 0) is 69.2 Å². The van der Waals surface area contributed by atoms with Gasteiger partial charge in [-0.3, -0.25) is 9.36 Å². The summed E-state index contributed by atoms with van der Waals surface area (Å²) in [7, 11) is 3.97. The summed E-state index contributed by atoms with van der Waals surface area (Å²) >= 11 is 1.32. The maximum atomic E-state index is 13.7. The number of benzene rings is 2. The van der Waals surface area contributed by atoms with Gasteiger partial charge in [-0.2, -0.15) is 0 Å². The van der Waals surface area contributed by atoms with Gasteiger partial charge < -0.3 is 14.4 Å². The molecule has 1 atom stereocenters. The molecule has 0 aliphatic carbocycles. The fourth-order valence-corrected chi connectivity index (χ4v) is 5.16. The van der Waals surface area contributed by atoms with Gasteiger partial charge in [-0.1, -0.05) is 35.6 Å². The Morgan fingerprint density at radius 2 is 1.81 bits per heavy atom. The van der Waals surface area contributed by atoms with E-state index in [-0.39, 0.29) is 11.7 Å². The van der Waals surface area contributed by atoms with Crippen LogP contribution in [-0.2, 0) is 9.53 Å². The second-order valence-electron chi connectivity index (χ2n) is 9.02. The molecule has 0 radical (unpaired) electrons. The highest BCUT2D eigenvalue weighted by atomic mass is 32.1. The molecular weight excluding hydrogens is 474 g/mol. The lowest BCUT2D eigenvalue weighted by Gasteiger charge is -2.25. The van der Waals surface area contributed by atoms with E-state index in [2.05, 4.69) is 4.99 Å². The lowest BCUT2D eigenvalue weighted by atomic mass is 9.96. The number of ether oxygens (including phenoxy) is 2. The molecule has 0 N–H and O–H groups in total. The smallest absolute Gasteiger partial charge is 0.338 e. The van der Waals surface area contributed by atoms with Crippen molar-refractivity contribution in [3.63, 3.8) is 0 Å². The van der Waals surface area contributed by atoms with Crippen molar-refractivity contribution in [1.82, 2.24) is 4.57 Å². The lowest BCUT2D eigenvalue weighted by Crippen LogP contribution is -2.40. The van der Waals surface area contributed by atoms with Crippen molar-refractivity contribution in [2.24, 2.45) is 4.99 Å². The highest BCUT2D eigenvalue weighted by Crippen LogP contribution is 2.32. The van der Waals surface area contributed by atoms with E-state index < -0.39 is 12.0 Å². The van der Waals surface area contributed by atoms with Gasteiger partial charge >= 0.3 is 5.97 Å². The summed E-state index contributed by atoms with van der Waals surface area (Å²) in [6.07, 6.45) is 1.57. The highest BCUT2D eigenvalue weighted by Gasteiger charge is 2.33. The molecule has 0 saturated heterocycles. The summed E-state index contributed by atoms with van der Waals surface area (Å²) in [5.74, 6) is 0.250. The zero-order valence-corrected chi connectivity index (χ0v) is 22.3. The number of rotatable bonds is 7. The van der Waals surface area contributed by atoms with Crippen molar-refractivity contribution in [1.29, 1.82) is 0 Å². The van der Waals surface area contributed by atoms with Crippen LogP contribution in [0.5, 0.6) is 5.75 Å². The van der Waals surface area contributed by atoms with Crippen LogP contribution in [0.25, 0.3) is 6.08 Å². The summed E-state index contributed by atoms with van der Waals surface area (Å²) in [6, 6.07) is 14.8. The summed E-state index contributed by atoms with van der Waals surface area (Å²) < 4.78 is 13.3. The largest absolute Gasteiger partial charge is 0.494 e. The van der Waals surface area contributed by atoms with Crippen LogP contribution < -0.4 is 24.5 Å². The van der Waals surface area contributed by atoms with Gasteiger partial charge in [0.2, 0.25) is 0 Å². The fraction of sp³-hybridized carbons (Fsp3) is 0.321. The molecule has 2 aromatic carbocycles. The summed E-state index contributed by atoms with van der Waals surface area (Å²) in [6.45, 7) is 7.87. The monoisotopic (exact) mass is 505 g/mol. The number of carbonyl (C=O) groups excluding carboxylic acids is 1. The van der Waals surface area contributed by atoms with Gasteiger partial charge in [-0.25, -0.2) is 9.79 Å². The van der Waals surface area contributed by atoms with E-state index in [4.69, 9.17) is 9.47 Å². The maximum Gasteiger partial charge on any atom is 0.338 e. The summed E-state index contributed by atoms with van der Waals surface area (Å²) in [4.78, 5) is 34.1. The molecule has 0 unspecified atom stereocenters. The Balaban J connectivity index is 1.87. The molecule has 0 fully saturated rings. The van der Waals surface area contributed by atoms with Crippen LogP contribution in [0.4, 0.5) is 5.69 Å². The quantitative estimate of drug-likeness (QED) is 0.459. The van der Waals surface area contributed by atoms with Crippen molar-refractivity contribution < 1.29 is 14.3 Å². The van der Waals surface area contributed by atoms with E-state index in [1.165, 1.54) is 11.3 Å². The fourth-order valence-electron chi connectivity index (χ4n) is 4.11. The van der Waals surface area contributed by atoms with Crippen molar-refractivity contribution in [3.05, 3.63) is 90.6 Å². The number of anilines is 1. The first-order valence-electron chi connectivity index (χ1n) is 11.9. The van der Waals surface area contributed by atoms with Gasteiger partial charge in [0.05, 0.1) is 34.6 Å². The molecule has 1 aromatic heterocycles. The second kappa shape index (κ2) is 10.5. The molecule has 4 rings (SSSR count). The lowest BCUT2D eigenvalue weighted by molar-refractivity contribution is -0.143. The molecule has 2 heterocycles. The van der Waals surface area contributed by atoms with Crippen LogP contribution in [-0.4, -0.2) is 37.3 Å². The average Bonchev–Trinajstić information content (AvgIpc) is 3.13. The molecule has 7 nitrogen and oxygen atoms in total. The molecule has 0 spiro atoms. The third-order valence-electron chi connectivity index (χ3n) is 5.80. The summed E-state index contributed by atoms with van der Waals surface area (Å²) in [5, 5.41) is 0. The minimum Gasteiger partial charge on any atom is -0.494 e. The third-order valence-corrected chi connectivity index (χ3v) is 6.78. The average molecular weight is 506 g/mol. The zero-order chi connectivity index (χ0) is 26.0. The number of esters is 1. The van der Waals surface area contributed by atoms with Crippen LogP contribution in [0.3, 0.4) is 0 Å². The predicted octanol–water partition coefficient (Wildman–Crippen LogP) is 3.65. The zero-order valence-electron chi connectivity index (χ0n) is 21.4. The van der Waals surface area contributed by atoms with Crippen molar-refractivity contribution in [3.8, 4) is 5.75 Å². The first-order chi connectivity index (χ1) is 17.2. The Morgan fingerprint density at radius 3 is 2.39 bits per heavy atom. The van der Waals surface area contributed by atoms with Gasteiger partial charge in [0.15, 0.2) is 4.80 Å². The number of hydrogen-bond donors (Lipinski definition) is 0. The van der Waals surface area contributed by atoms with E-state index in [1.807, 2.05) is 80.5 Å². The molecule has 8 heteroatoms. The number of thiazole rings is 1. The topological polar surface area (TPSA) is 73.1 Å². The second-order valence-corrected chi connectivity index (χ2v) is 10.0. The Hall–Kier alpha value is -3.65. The minimum absolute atomic E-state index is 0.198. The summed E-state index contributed by atoms with van der Waals surface area (Å²) in [5.41, 5.74) is 3.49. The third kappa shape index (κ3) is 5.14. The standard InChI is InChI=1S/C28H31N3O4S/c1-7-34-22-14-10-20(11-15-22)25-24(27(33)35-17(2)3)18(4)29-28-31(25)26(32)23(36-28)16-19-8-12-21(13-9-19)30(5)6/h8-17,25H,7H2,1-6H3/b23-16+/t25-/m0/s1. The van der Waals surface area contributed by atoms with E-state index in [9.17, 15) is 9.59 Å². The van der Waals surface area contributed by atoms with E-state index in [0.29, 0.717) is 27.2 Å². The van der Waals surface area contributed by atoms with Crippen LogP contribution in [0.15, 0.2) is 69.6 Å². The Morgan fingerprint density at radius 1 is 1.14 bits per heavy atom. The molecule has 1 aliphatic rings. The van der Waals surface area contributed by atoms with Crippen LogP contribution in [0.2, 0.25) is 0 Å². The number of aromatic nitrogens is 1. The Labute approximate surface area is 214 Å². The molecule has 0 bridgehead atoms. The van der Waals surface area contributed by atoms with Crippen molar-refractivity contribution >= 4 is 29.1 Å². The predicted molar refractivity (Wildman–Crippen MR) is 143 cm³/mol.